The number of rotatable bonds is 5. The van der Waals surface area contributed by atoms with E-state index in [4.69, 9.17) is 0 Å². The Balaban J connectivity index is 1.50. The summed E-state index contributed by atoms with van der Waals surface area (Å²) in [6, 6.07) is 0. The molecule has 0 heterocycles. The first-order valence-electron chi connectivity index (χ1n) is 11.8. The molecule has 3 heteroatoms. The van der Waals surface area contributed by atoms with Crippen molar-refractivity contribution in [1.29, 1.82) is 0 Å². The lowest BCUT2D eigenvalue weighted by Crippen LogP contribution is -2.52. The van der Waals surface area contributed by atoms with Gasteiger partial charge in [0, 0.05) is 0 Å². The third-order valence-electron chi connectivity index (χ3n) is 10.1. The Morgan fingerprint density at radius 3 is 2.48 bits per heavy atom. The second-order valence-electron chi connectivity index (χ2n) is 10.9. The van der Waals surface area contributed by atoms with Gasteiger partial charge < -0.3 is 5.11 Å². The van der Waals surface area contributed by atoms with Crippen LogP contribution in [0.2, 0.25) is 0 Å². The quantitative estimate of drug-likeness (QED) is 0.534. The van der Waals surface area contributed by atoms with E-state index < -0.39 is 5.97 Å². The van der Waals surface area contributed by atoms with Crippen LogP contribution in [0, 0.1) is 40.4 Å². The topological polar surface area (TPSA) is 37.3 Å². The van der Waals surface area contributed by atoms with Gasteiger partial charge in [-0.3, -0.25) is 4.79 Å². The minimum atomic E-state index is -0.574. The number of hydrogen-bond acceptors (Lipinski definition) is 1. The molecule has 8 unspecified atom stereocenters. The molecule has 0 bridgehead atoms. The molecule has 27 heavy (non-hydrogen) atoms. The van der Waals surface area contributed by atoms with Crippen molar-refractivity contribution in [2.75, 3.05) is 18.5 Å². The van der Waals surface area contributed by atoms with Crippen LogP contribution in [0.3, 0.4) is 0 Å². The zero-order valence-corrected chi connectivity index (χ0v) is 18.8. The summed E-state index contributed by atoms with van der Waals surface area (Å²) >= 11 is 0. The van der Waals surface area contributed by atoms with E-state index >= 15 is 0 Å². The van der Waals surface area contributed by atoms with Gasteiger partial charge in [-0.2, -0.15) is 0 Å². The SMILES string of the molecule is CCP(CC(=O)O)CC1CCC2C3CCC4CCCCC4(C)C3CCC12C. The smallest absolute Gasteiger partial charge is 0.307 e. The molecule has 0 amide bonds. The van der Waals surface area contributed by atoms with Gasteiger partial charge in [0.1, 0.15) is 0 Å². The predicted octanol–water partition coefficient (Wildman–Crippen LogP) is 6.62. The minimum absolute atomic E-state index is 0.315. The predicted molar refractivity (Wildman–Crippen MR) is 115 cm³/mol. The first-order chi connectivity index (χ1) is 12.9. The Morgan fingerprint density at radius 2 is 1.74 bits per heavy atom. The fourth-order valence-corrected chi connectivity index (χ4v) is 10.7. The Kier molecular flexibility index (Phi) is 5.70. The summed E-state index contributed by atoms with van der Waals surface area (Å²) in [5.74, 6) is 4.12. The first kappa shape index (κ1) is 20.2. The molecule has 154 valence electrons. The molecule has 0 aromatic rings. The zero-order chi connectivity index (χ0) is 19.2. The number of carboxylic acid groups (broad SMARTS) is 1. The lowest BCUT2D eigenvalue weighted by molar-refractivity contribution is -0.134. The second-order valence-corrected chi connectivity index (χ2v) is 13.6. The van der Waals surface area contributed by atoms with Gasteiger partial charge in [-0.25, -0.2) is 0 Å². The molecule has 8 atom stereocenters. The van der Waals surface area contributed by atoms with Gasteiger partial charge in [-0.15, -0.1) is 0 Å². The molecule has 0 aromatic heterocycles. The van der Waals surface area contributed by atoms with Crippen molar-refractivity contribution in [3.63, 3.8) is 0 Å². The molecule has 2 nitrogen and oxygen atoms in total. The van der Waals surface area contributed by atoms with Gasteiger partial charge in [-0.1, -0.05) is 41.5 Å². The number of fused-ring (bicyclic) bond motifs is 5. The highest BCUT2D eigenvalue weighted by atomic mass is 31.1. The van der Waals surface area contributed by atoms with E-state index in [1.54, 1.807) is 0 Å². The molecule has 0 aliphatic heterocycles. The number of hydrogen-bond donors (Lipinski definition) is 1. The van der Waals surface area contributed by atoms with Crippen LogP contribution in [0.15, 0.2) is 0 Å². The molecule has 0 radical (unpaired) electrons. The summed E-state index contributed by atoms with van der Waals surface area (Å²) in [5, 5.41) is 9.29. The van der Waals surface area contributed by atoms with Crippen molar-refractivity contribution in [3.05, 3.63) is 0 Å². The van der Waals surface area contributed by atoms with E-state index in [0.717, 1.165) is 35.8 Å². The minimum Gasteiger partial charge on any atom is -0.481 e. The van der Waals surface area contributed by atoms with Crippen LogP contribution in [-0.2, 0) is 4.79 Å². The maximum Gasteiger partial charge on any atom is 0.307 e. The molecule has 4 saturated carbocycles. The van der Waals surface area contributed by atoms with Gasteiger partial charge in [0.25, 0.3) is 0 Å². The Morgan fingerprint density at radius 1 is 0.963 bits per heavy atom. The Bertz CT molecular complexity index is 563. The lowest BCUT2D eigenvalue weighted by atomic mass is 9.45. The normalized spacial score (nSPS) is 47.6. The third kappa shape index (κ3) is 3.41. The highest BCUT2D eigenvalue weighted by Crippen LogP contribution is 2.68. The van der Waals surface area contributed by atoms with E-state index in [1.165, 1.54) is 70.4 Å². The van der Waals surface area contributed by atoms with Gasteiger partial charge in [0.2, 0.25) is 0 Å². The largest absolute Gasteiger partial charge is 0.481 e. The maximum absolute atomic E-state index is 11.3. The van der Waals surface area contributed by atoms with E-state index in [9.17, 15) is 9.90 Å². The van der Waals surface area contributed by atoms with Crippen molar-refractivity contribution in [2.45, 2.75) is 85.0 Å². The number of aliphatic carboxylic acids is 1. The summed E-state index contributed by atoms with van der Waals surface area (Å²) in [6.07, 6.45) is 17.4. The number of carbonyl (C=O) groups is 1. The molecule has 4 fully saturated rings. The summed E-state index contributed by atoms with van der Waals surface area (Å²) in [7, 11) is -0.315. The van der Waals surface area contributed by atoms with Crippen molar-refractivity contribution in [3.8, 4) is 0 Å². The average molecular weight is 393 g/mol. The highest BCUT2D eigenvalue weighted by molar-refractivity contribution is 7.58. The standard InChI is InChI=1S/C24H41O2P/c1-4-27(16-22(25)26)15-18-9-11-20-19-10-8-17-7-5-6-13-23(17,2)21(19)12-14-24(18,20)3/h17-21H,4-16H2,1-3H3,(H,25,26). The van der Waals surface area contributed by atoms with Crippen LogP contribution < -0.4 is 0 Å². The molecule has 0 saturated heterocycles. The van der Waals surface area contributed by atoms with Crippen molar-refractivity contribution >= 4 is 13.9 Å². The van der Waals surface area contributed by atoms with Gasteiger partial charge in [0.15, 0.2) is 0 Å². The van der Waals surface area contributed by atoms with E-state index in [2.05, 4.69) is 20.8 Å². The molecule has 4 rings (SSSR count). The van der Waals surface area contributed by atoms with Crippen molar-refractivity contribution < 1.29 is 9.90 Å². The molecule has 0 spiro atoms. The molecule has 4 aliphatic carbocycles. The average Bonchev–Trinajstić information content (AvgIpc) is 2.96. The monoisotopic (exact) mass is 392 g/mol. The van der Waals surface area contributed by atoms with Crippen LogP contribution in [0.25, 0.3) is 0 Å². The summed E-state index contributed by atoms with van der Waals surface area (Å²) < 4.78 is 0. The van der Waals surface area contributed by atoms with Gasteiger partial charge in [-0.05, 0) is 104 Å². The van der Waals surface area contributed by atoms with E-state index in [0.29, 0.717) is 17.0 Å². The Labute approximate surface area is 168 Å². The lowest BCUT2D eigenvalue weighted by Gasteiger charge is -2.60. The molecule has 0 aromatic carbocycles. The second kappa shape index (κ2) is 7.62. The van der Waals surface area contributed by atoms with E-state index in [1.807, 2.05) is 0 Å². The van der Waals surface area contributed by atoms with Crippen LogP contribution in [0.1, 0.15) is 85.0 Å². The maximum atomic E-state index is 11.3. The van der Waals surface area contributed by atoms with Crippen molar-refractivity contribution in [1.82, 2.24) is 0 Å². The summed E-state index contributed by atoms with van der Waals surface area (Å²) in [6.45, 7) is 7.50. The van der Waals surface area contributed by atoms with Gasteiger partial charge in [0.05, 0.1) is 6.16 Å². The molecule has 4 aliphatic rings. The summed E-state index contributed by atoms with van der Waals surface area (Å²) in [4.78, 5) is 11.3. The van der Waals surface area contributed by atoms with Crippen LogP contribution in [-0.4, -0.2) is 29.6 Å². The fraction of sp³-hybridized carbons (Fsp3) is 0.958. The molecule has 1 N–H and O–H groups in total. The van der Waals surface area contributed by atoms with Crippen LogP contribution >= 0.6 is 7.92 Å². The highest BCUT2D eigenvalue weighted by Gasteiger charge is 2.59. The Hall–Kier alpha value is -0.100. The third-order valence-corrected chi connectivity index (χ3v) is 12.6. The van der Waals surface area contributed by atoms with Crippen LogP contribution in [0.4, 0.5) is 0 Å². The zero-order valence-electron chi connectivity index (χ0n) is 17.9. The number of carboxylic acids is 1. The summed E-state index contributed by atoms with van der Waals surface area (Å²) in [5.41, 5.74) is 1.15. The van der Waals surface area contributed by atoms with Crippen LogP contribution in [0.5, 0.6) is 0 Å². The molecular formula is C24H41O2P. The molecular weight excluding hydrogens is 351 g/mol. The fourth-order valence-electron chi connectivity index (χ4n) is 8.51. The first-order valence-corrected chi connectivity index (χ1v) is 13.7. The van der Waals surface area contributed by atoms with E-state index in [-0.39, 0.29) is 7.92 Å². The van der Waals surface area contributed by atoms with Crippen molar-refractivity contribution in [2.24, 2.45) is 40.4 Å². The van der Waals surface area contributed by atoms with Gasteiger partial charge >= 0.3 is 5.97 Å².